The molecule has 0 aliphatic carbocycles. The van der Waals surface area contributed by atoms with Crippen LogP contribution in [0.15, 0.2) is 30.5 Å². The first-order chi connectivity index (χ1) is 7.66. The molecule has 0 aliphatic rings. The number of aromatic nitrogens is 2. The van der Waals surface area contributed by atoms with Crippen LogP contribution in [-0.2, 0) is 0 Å². The van der Waals surface area contributed by atoms with Gasteiger partial charge in [0, 0.05) is 22.0 Å². The summed E-state index contributed by atoms with van der Waals surface area (Å²) in [4.78, 5) is 0. The van der Waals surface area contributed by atoms with E-state index in [0.29, 0.717) is 0 Å². The van der Waals surface area contributed by atoms with E-state index in [4.69, 9.17) is 11.6 Å². The number of hydrogen-bond donors (Lipinski definition) is 2. The highest BCUT2D eigenvalue weighted by molar-refractivity contribution is 6.30. The van der Waals surface area contributed by atoms with E-state index in [1.54, 1.807) is 0 Å². The Morgan fingerprint density at radius 1 is 1.44 bits per heavy atom. The Labute approximate surface area is 99.8 Å². The van der Waals surface area contributed by atoms with Gasteiger partial charge in [0.15, 0.2) is 0 Å². The molecule has 2 aromatic rings. The van der Waals surface area contributed by atoms with Crippen LogP contribution >= 0.6 is 11.6 Å². The maximum Gasteiger partial charge on any atom is 0.0542 e. The minimum Gasteiger partial charge on any atom is -0.378 e. The van der Waals surface area contributed by atoms with Crippen LogP contribution in [0.1, 0.15) is 24.2 Å². The second-order valence-corrected chi connectivity index (χ2v) is 4.26. The van der Waals surface area contributed by atoms with Crippen LogP contribution in [0, 0.1) is 6.92 Å². The molecule has 0 saturated heterocycles. The zero-order valence-electron chi connectivity index (χ0n) is 9.29. The van der Waals surface area contributed by atoms with E-state index in [0.717, 1.165) is 16.4 Å². The van der Waals surface area contributed by atoms with Crippen molar-refractivity contribution in [2.45, 2.75) is 19.9 Å². The standard InChI is InChI=1S/C12H14ClN3/c1-8(12-7-14-16-9(12)2)15-11-5-3-4-10(13)6-11/h3-8,15H,1-2H3,(H,14,16). The third-order valence-corrected chi connectivity index (χ3v) is 2.78. The Hall–Kier alpha value is -1.48. The van der Waals surface area contributed by atoms with Crippen LogP contribution in [0.25, 0.3) is 0 Å². The van der Waals surface area contributed by atoms with Crippen molar-refractivity contribution >= 4 is 17.3 Å². The monoisotopic (exact) mass is 235 g/mol. The van der Waals surface area contributed by atoms with E-state index in [9.17, 15) is 0 Å². The molecule has 16 heavy (non-hydrogen) atoms. The van der Waals surface area contributed by atoms with Gasteiger partial charge in [0.2, 0.25) is 0 Å². The lowest BCUT2D eigenvalue weighted by Gasteiger charge is -2.14. The topological polar surface area (TPSA) is 40.7 Å². The molecule has 1 aromatic carbocycles. The first-order valence-corrected chi connectivity index (χ1v) is 5.56. The molecule has 2 N–H and O–H groups in total. The quantitative estimate of drug-likeness (QED) is 0.854. The van der Waals surface area contributed by atoms with Crippen molar-refractivity contribution in [3.05, 3.63) is 46.7 Å². The third kappa shape index (κ3) is 2.36. The molecule has 4 heteroatoms. The van der Waals surface area contributed by atoms with Gasteiger partial charge in [-0.25, -0.2) is 0 Å². The minimum atomic E-state index is 0.206. The number of aryl methyl sites for hydroxylation is 1. The highest BCUT2D eigenvalue weighted by Gasteiger charge is 2.09. The summed E-state index contributed by atoms with van der Waals surface area (Å²) in [6.45, 7) is 4.11. The van der Waals surface area contributed by atoms with Crippen molar-refractivity contribution in [1.82, 2.24) is 10.2 Å². The van der Waals surface area contributed by atoms with E-state index in [2.05, 4.69) is 22.4 Å². The van der Waals surface area contributed by atoms with E-state index >= 15 is 0 Å². The van der Waals surface area contributed by atoms with Gasteiger partial charge in [-0.1, -0.05) is 17.7 Å². The van der Waals surface area contributed by atoms with E-state index < -0.39 is 0 Å². The molecule has 0 amide bonds. The average Bonchev–Trinajstić information content (AvgIpc) is 2.64. The lowest BCUT2D eigenvalue weighted by Crippen LogP contribution is -2.06. The molecule has 1 heterocycles. The molecule has 0 spiro atoms. The lowest BCUT2D eigenvalue weighted by molar-refractivity contribution is 0.874. The second-order valence-electron chi connectivity index (χ2n) is 3.83. The fourth-order valence-corrected chi connectivity index (χ4v) is 1.89. The summed E-state index contributed by atoms with van der Waals surface area (Å²) in [6, 6.07) is 7.91. The molecule has 1 atom stereocenters. The molecular weight excluding hydrogens is 222 g/mol. The number of hydrogen-bond acceptors (Lipinski definition) is 2. The summed E-state index contributed by atoms with van der Waals surface area (Å²) in [6.07, 6.45) is 1.84. The number of nitrogens with zero attached hydrogens (tertiary/aromatic N) is 1. The first kappa shape index (κ1) is 11.0. The van der Waals surface area contributed by atoms with Crippen molar-refractivity contribution in [1.29, 1.82) is 0 Å². The molecule has 1 unspecified atom stereocenters. The lowest BCUT2D eigenvalue weighted by atomic mass is 10.1. The normalized spacial score (nSPS) is 12.4. The van der Waals surface area contributed by atoms with E-state index in [-0.39, 0.29) is 6.04 Å². The van der Waals surface area contributed by atoms with Crippen LogP contribution in [0.5, 0.6) is 0 Å². The molecule has 1 aromatic heterocycles. The Morgan fingerprint density at radius 2 is 2.25 bits per heavy atom. The maximum atomic E-state index is 5.93. The number of anilines is 1. The number of H-pyrrole nitrogens is 1. The van der Waals surface area contributed by atoms with Crippen LogP contribution < -0.4 is 5.32 Å². The summed E-state index contributed by atoms with van der Waals surface area (Å²) in [5.41, 5.74) is 3.27. The van der Waals surface area contributed by atoms with Crippen molar-refractivity contribution < 1.29 is 0 Å². The predicted molar refractivity (Wildman–Crippen MR) is 66.8 cm³/mol. The van der Waals surface area contributed by atoms with Gasteiger partial charge >= 0.3 is 0 Å². The third-order valence-electron chi connectivity index (χ3n) is 2.54. The number of rotatable bonds is 3. The zero-order valence-corrected chi connectivity index (χ0v) is 10.0. The molecular formula is C12H14ClN3. The molecule has 0 aliphatic heterocycles. The first-order valence-electron chi connectivity index (χ1n) is 5.19. The van der Waals surface area contributed by atoms with Crippen LogP contribution in [0.2, 0.25) is 5.02 Å². The molecule has 0 bridgehead atoms. The highest BCUT2D eigenvalue weighted by atomic mass is 35.5. The number of aromatic amines is 1. The Kier molecular flexibility index (Phi) is 3.15. The molecule has 0 fully saturated rings. The largest absolute Gasteiger partial charge is 0.378 e. The van der Waals surface area contributed by atoms with Gasteiger partial charge in [0.1, 0.15) is 0 Å². The minimum absolute atomic E-state index is 0.206. The molecule has 3 nitrogen and oxygen atoms in total. The molecule has 0 saturated carbocycles. The fourth-order valence-electron chi connectivity index (χ4n) is 1.70. The van der Waals surface area contributed by atoms with Gasteiger partial charge in [-0.2, -0.15) is 5.10 Å². The van der Waals surface area contributed by atoms with Gasteiger partial charge in [0.05, 0.1) is 12.2 Å². The Balaban J connectivity index is 2.14. The van der Waals surface area contributed by atoms with Gasteiger partial charge in [-0.15, -0.1) is 0 Å². The van der Waals surface area contributed by atoms with Crippen molar-refractivity contribution in [3.8, 4) is 0 Å². The number of benzene rings is 1. The van der Waals surface area contributed by atoms with Gasteiger partial charge < -0.3 is 5.32 Å². The van der Waals surface area contributed by atoms with Crippen LogP contribution in [-0.4, -0.2) is 10.2 Å². The van der Waals surface area contributed by atoms with Crippen LogP contribution in [0.4, 0.5) is 5.69 Å². The van der Waals surface area contributed by atoms with Gasteiger partial charge in [0.25, 0.3) is 0 Å². The zero-order chi connectivity index (χ0) is 11.5. The molecule has 84 valence electrons. The molecule has 0 radical (unpaired) electrons. The van der Waals surface area contributed by atoms with Gasteiger partial charge in [-0.3, -0.25) is 5.10 Å². The number of halogens is 1. The highest BCUT2D eigenvalue weighted by Crippen LogP contribution is 2.22. The van der Waals surface area contributed by atoms with Crippen LogP contribution in [0.3, 0.4) is 0 Å². The maximum absolute atomic E-state index is 5.93. The molecule has 2 rings (SSSR count). The average molecular weight is 236 g/mol. The van der Waals surface area contributed by atoms with Crippen molar-refractivity contribution in [3.63, 3.8) is 0 Å². The SMILES string of the molecule is Cc1[nH]ncc1C(C)Nc1cccc(Cl)c1. The summed E-state index contributed by atoms with van der Waals surface area (Å²) in [5.74, 6) is 0. The Morgan fingerprint density at radius 3 is 2.88 bits per heavy atom. The van der Waals surface area contributed by atoms with Gasteiger partial charge in [-0.05, 0) is 32.0 Å². The summed E-state index contributed by atoms with van der Waals surface area (Å²) < 4.78 is 0. The van der Waals surface area contributed by atoms with E-state index in [1.165, 1.54) is 5.56 Å². The van der Waals surface area contributed by atoms with Crippen molar-refractivity contribution in [2.75, 3.05) is 5.32 Å². The smallest absolute Gasteiger partial charge is 0.0542 e. The second kappa shape index (κ2) is 4.58. The summed E-state index contributed by atoms with van der Waals surface area (Å²) in [7, 11) is 0. The summed E-state index contributed by atoms with van der Waals surface area (Å²) >= 11 is 5.93. The fraction of sp³-hybridized carbons (Fsp3) is 0.250. The number of nitrogens with one attached hydrogen (secondary N) is 2. The predicted octanol–water partition coefficient (Wildman–Crippen LogP) is 3.54. The Bertz CT molecular complexity index is 479. The van der Waals surface area contributed by atoms with Crippen molar-refractivity contribution in [2.24, 2.45) is 0 Å². The summed E-state index contributed by atoms with van der Waals surface area (Å²) in [5, 5.41) is 11.1. The van der Waals surface area contributed by atoms with E-state index in [1.807, 2.05) is 37.4 Å².